The molecular weight excluding hydrogens is 468 g/mol. The zero-order valence-electron chi connectivity index (χ0n) is 22.0. The van der Waals surface area contributed by atoms with Crippen LogP contribution in [-0.4, -0.2) is 15.5 Å². The first-order chi connectivity index (χ1) is 17.4. The van der Waals surface area contributed by atoms with Crippen LogP contribution in [0.5, 0.6) is 17.2 Å². The molecule has 0 aliphatic heterocycles. The van der Waals surface area contributed by atoms with Gasteiger partial charge < -0.3 is 9.47 Å². The van der Waals surface area contributed by atoms with Crippen molar-refractivity contribution >= 4 is 9.84 Å². The van der Waals surface area contributed by atoms with Crippen molar-refractivity contribution in [3.8, 4) is 28.4 Å². The highest BCUT2D eigenvalue weighted by atomic mass is 32.2. The second-order valence-electron chi connectivity index (χ2n) is 7.85. The first-order valence-electron chi connectivity index (χ1n) is 12.2. The van der Waals surface area contributed by atoms with Crippen molar-refractivity contribution in [2.45, 2.75) is 50.8 Å². The third kappa shape index (κ3) is 7.72. The van der Waals surface area contributed by atoms with E-state index in [1.807, 2.05) is 38.1 Å². The van der Waals surface area contributed by atoms with Gasteiger partial charge in [-0.05, 0) is 78.7 Å². The predicted molar refractivity (Wildman–Crippen MR) is 149 cm³/mol. The molecule has 4 aromatic carbocycles. The molecule has 0 bridgehead atoms. The van der Waals surface area contributed by atoms with Gasteiger partial charge in [0.2, 0.25) is 9.84 Å². The van der Waals surface area contributed by atoms with Crippen LogP contribution >= 0.6 is 0 Å². The maximum absolute atomic E-state index is 12.8. The maximum Gasteiger partial charge on any atom is 0.206 e. The van der Waals surface area contributed by atoms with Crippen molar-refractivity contribution in [3.05, 3.63) is 103 Å². The highest BCUT2D eigenvalue weighted by Gasteiger charge is 2.17. The number of rotatable bonds is 6. The van der Waals surface area contributed by atoms with Gasteiger partial charge >= 0.3 is 0 Å². The lowest BCUT2D eigenvalue weighted by Gasteiger charge is -2.09. The Bertz CT molecular complexity index is 1280. The van der Waals surface area contributed by atoms with E-state index >= 15 is 0 Å². The minimum Gasteiger partial charge on any atom is -0.497 e. The lowest BCUT2D eigenvalue weighted by molar-refractivity contribution is 0.414. The monoisotopic (exact) mass is 504 g/mol. The number of ether oxygens (including phenoxy) is 2. The maximum atomic E-state index is 12.8. The Kier molecular flexibility index (Phi) is 11.2. The predicted octanol–water partition coefficient (Wildman–Crippen LogP) is 8.74. The van der Waals surface area contributed by atoms with Gasteiger partial charge in [0.05, 0.1) is 16.9 Å². The van der Waals surface area contributed by atoms with E-state index in [9.17, 15) is 8.42 Å². The standard InChI is InChI=1S/C26H22O4S.C3H8.C2H6/c1-19-3-5-20(6-4-19)21-7-9-23(10-8-21)30-24-13-17-26(18-14-24)31(27,28)25-15-11-22(29-2)12-16-25;1-3-2;1-2/h3-18H,1-2H3;3H2,1-2H3;1-2H3. The molecule has 4 aromatic rings. The Morgan fingerprint density at radius 3 is 1.31 bits per heavy atom. The van der Waals surface area contributed by atoms with Crippen LogP contribution in [0.4, 0.5) is 0 Å². The zero-order valence-corrected chi connectivity index (χ0v) is 22.8. The van der Waals surface area contributed by atoms with E-state index in [0.29, 0.717) is 17.2 Å². The van der Waals surface area contributed by atoms with Crippen LogP contribution in [0.2, 0.25) is 0 Å². The summed E-state index contributed by atoms with van der Waals surface area (Å²) in [6.07, 6.45) is 1.25. The van der Waals surface area contributed by atoms with Gasteiger partial charge in [0.15, 0.2) is 0 Å². The molecule has 36 heavy (non-hydrogen) atoms. The van der Waals surface area contributed by atoms with Crippen LogP contribution in [0.1, 0.15) is 39.7 Å². The molecule has 0 saturated heterocycles. The van der Waals surface area contributed by atoms with Gasteiger partial charge in [-0.15, -0.1) is 0 Å². The van der Waals surface area contributed by atoms with Gasteiger partial charge in [0, 0.05) is 0 Å². The molecule has 4 rings (SSSR count). The fourth-order valence-corrected chi connectivity index (χ4v) is 4.44. The van der Waals surface area contributed by atoms with Crippen LogP contribution < -0.4 is 9.47 Å². The summed E-state index contributed by atoms with van der Waals surface area (Å²) in [5.74, 6) is 1.86. The second-order valence-corrected chi connectivity index (χ2v) is 9.80. The van der Waals surface area contributed by atoms with E-state index in [4.69, 9.17) is 9.47 Å². The second kappa shape index (κ2) is 14.1. The highest BCUT2D eigenvalue weighted by molar-refractivity contribution is 7.91. The van der Waals surface area contributed by atoms with Crippen molar-refractivity contribution in [2.75, 3.05) is 7.11 Å². The number of aryl methyl sites for hydroxylation is 1. The fraction of sp³-hybridized carbons (Fsp3) is 0.226. The van der Waals surface area contributed by atoms with Crippen molar-refractivity contribution < 1.29 is 17.9 Å². The third-order valence-corrected chi connectivity index (χ3v) is 6.76. The van der Waals surface area contributed by atoms with Gasteiger partial charge in [-0.1, -0.05) is 76.1 Å². The Balaban J connectivity index is 0.000000850. The van der Waals surface area contributed by atoms with Gasteiger partial charge in [-0.25, -0.2) is 8.42 Å². The number of methoxy groups -OCH3 is 1. The summed E-state index contributed by atoms with van der Waals surface area (Å²) >= 11 is 0. The Hall–Kier alpha value is -3.57. The average Bonchev–Trinajstić information content (AvgIpc) is 2.92. The van der Waals surface area contributed by atoms with E-state index in [2.05, 4.69) is 45.0 Å². The zero-order chi connectivity index (χ0) is 26.6. The summed E-state index contributed by atoms with van der Waals surface area (Å²) in [6.45, 7) is 10.3. The van der Waals surface area contributed by atoms with Crippen LogP contribution in [0.15, 0.2) is 107 Å². The number of benzene rings is 4. The lowest BCUT2D eigenvalue weighted by Crippen LogP contribution is -2.01. The van der Waals surface area contributed by atoms with Gasteiger partial charge in [0.1, 0.15) is 17.2 Å². The van der Waals surface area contributed by atoms with E-state index in [-0.39, 0.29) is 9.79 Å². The first-order valence-corrected chi connectivity index (χ1v) is 13.7. The summed E-state index contributed by atoms with van der Waals surface area (Å²) in [5.41, 5.74) is 3.47. The van der Waals surface area contributed by atoms with Crippen LogP contribution in [0, 0.1) is 6.92 Å². The summed E-state index contributed by atoms with van der Waals surface area (Å²) in [6, 6.07) is 28.9. The molecular formula is C31H36O4S. The minimum absolute atomic E-state index is 0.208. The van der Waals surface area contributed by atoms with Crippen molar-refractivity contribution in [1.29, 1.82) is 0 Å². The summed E-state index contributed by atoms with van der Waals surface area (Å²) in [4.78, 5) is 0.424. The van der Waals surface area contributed by atoms with E-state index in [1.54, 1.807) is 36.4 Å². The van der Waals surface area contributed by atoms with E-state index in [0.717, 1.165) is 11.1 Å². The molecule has 0 saturated carbocycles. The lowest BCUT2D eigenvalue weighted by atomic mass is 10.0. The number of hydrogen-bond donors (Lipinski definition) is 0. The normalized spacial score (nSPS) is 10.3. The van der Waals surface area contributed by atoms with Crippen molar-refractivity contribution in [1.82, 2.24) is 0 Å². The molecule has 0 aromatic heterocycles. The van der Waals surface area contributed by atoms with Gasteiger partial charge in [0.25, 0.3) is 0 Å². The van der Waals surface area contributed by atoms with Crippen LogP contribution in [0.25, 0.3) is 11.1 Å². The fourth-order valence-electron chi connectivity index (χ4n) is 3.18. The smallest absolute Gasteiger partial charge is 0.206 e. The first kappa shape index (κ1) is 28.7. The van der Waals surface area contributed by atoms with Crippen LogP contribution in [0.3, 0.4) is 0 Å². The van der Waals surface area contributed by atoms with Crippen molar-refractivity contribution in [2.24, 2.45) is 0 Å². The van der Waals surface area contributed by atoms with Gasteiger partial charge in [-0.3, -0.25) is 0 Å². The topological polar surface area (TPSA) is 52.6 Å². The Labute approximate surface area is 216 Å². The number of sulfone groups is 1. The molecule has 0 N–H and O–H groups in total. The molecule has 0 aliphatic rings. The van der Waals surface area contributed by atoms with Crippen LogP contribution in [-0.2, 0) is 9.84 Å². The summed E-state index contributed by atoms with van der Waals surface area (Å²) < 4.78 is 36.6. The minimum atomic E-state index is -3.60. The van der Waals surface area contributed by atoms with E-state index in [1.165, 1.54) is 31.2 Å². The highest BCUT2D eigenvalue weighted by Crippen LogP contribution is 2.28. The quantitative estimate of drug-likeness (QED) is 0.263. The Morgan fingerprint density at radius 2 is 0.917 bits per heavy atom. The van der Waals surface area contributed by atoms with Gasteiger partial charge in [-0.2, -0.15) is 0 Å². The molecule has 0 atom stereocenters. The molecule has 0 fully saturated rings. The molecule has 0 aliphatic carbocycles. The average molecular weight is 505 g/mol. The molecule has 0 amide bonds. The molecule has 0 unspecified atom stereocenters. The largest absolute Gasteiger partial charge is 0.497 e. The molecule has 0 radical (unpaired) electrons. The SMILES string of the molecule is CC.CCC.COc1ccc(S(=O)(=O)c2ccc(Oc3ccc(-c4ccc(C)cc4)cc3)cc2)cc1. The Morgan fingerprint density at radius 1 is 0.583 bits per heavy atom. The molecule has 5 heteroatoms. The summed E-state index contributed by atoms with van der Waals surface area (Å²) in [5, 5.41) is 0. The molecule has 4 nitrogen and oxygen atoms in total. The number of hydrogen-bond acceptors (Lipinski definition) is 4. The third-order valence-electron chi connectivity index (χ3n) is 4.98. The molecule has 0 spiro atoms. The molecule has 0 heterocycles. The van der Waals surface area contributed by atoms with E-state index < -0.39 is 9.84 Å². The summed E-state index contributed by atoms with van der Waals surface area (Å²) in [7, 11) is -2.06. The molecule has 190 valence electrons. The van der Waals surface area contributed by atoms with Crippen molar-refractivity contribution in [3.63, 3.8) is 0 Å².